The third kappa shape index (κ3) is 2.58. The molecule has 0 aromatic heterocycles. The molecule has 0 unspecified atom stereocenters. The molecule has 0 aliphatic rings. The van der Waals surface area contributed by atoms with Crippen molar-refractivity contribution in [3.63, 3.8) is 0 Å². The topological polar surface area (TPSA) is 26.0 Å². The van der Waals surface area contributed by atoms with Crippen LogP contribution in [0.25, 0.3) is 33.0 Å². The summed E-state index contributed by atoms with van der Waals surface area (Å²) in [6.07, 6.45) is 0. The van der Waals surface area contributed by atoms with Crippen LogP contribution >= 0.6 is 0 Å². The summed E-state index contributed by atoms with van der Waals surface area (Å²) in [6, 6.07) is 31.6. The van der Waals surface area contributed by atoms with Crippen LogP contribution in [0.5, 0.6) is 0 Å². The lowest BCUT2D eigenvalue weighted by Crippen LogP contribution is -1.86. The van der Waals surface area contributed by atoms with Gasteiger partial charge in [-0.1, -0.05) is 78.9 Å². The van der Waals surface area contributed by atoms with Crippen molar-refractivity contribution in [3.8, 4) is 22.3 Å². The van der Waals surface area contributed by atoms with Crippen molar-refractivity contribution in [3.05, 3.63) is 91.0 Å². The zero-order chi connectivity index (χ0) is 15.6. The molecule has 1 nitrogen and oxygen atoms in total. The summed E-state index contributed by atoms with van der Waals surface area (Å²) in [6.45, 7) is 0. The van der Waals surface area contributed by atoms with Gasteiger partial charge in [-0.2, -0.15) is 0 Å². The Morgan fingerprint density at radius 3 is 2.04 bits per heavy atom. The first-order valence-corrected chi connectivity index (χ1v) is 7.75. The van der Waals surface area contributed by atoms with E-state index in [0.717, 1.165) is 11.3 Å². The minimum atomic E-state index is 0.792. The van der Waals surface area contributed by atoms with Gasteiger partial charge in [-0.05, 0) is 45.2 Å². The summed E-state index contributed by atoms with van der Waals surface area (Å²) in [7, 11) is 0. The molecule has 0 saturated heterocycles. The normalized spacial score (nSPS) is 10.8. The molecule has 0 heterocycles. The molecule has 0 radical (unpaired) electrons. The van der Waals surface area contributed by atoms with Crippen LogP contribution in [0.15, 0.2) is 91.0 Å². The summed E-state index contributed by atoms with van der Waals surface area (Å²) < 4.78 is 0. The summed E-state index contributed by atoms with van der Waals surface area (Å²) in [5, 5.41) is 2.55. The average molecular weight is 295 g/mol. The van der Waals surface area contributed by atoms with Gasteiger partial charge in [-0.3, -0.25) is 0 Å². The van der Waals surface area contributed by atoms with Gasteiger partial charge in [0.15, 0.2) is 0 Å². The van der Waals surface area contributed by atoms with Crippen LogP contribution < -0.4 is 5.73 Å². The van der Waals surface area contributed by atoms with Gasteiger partial charge in [0.2, 0.25) is 0 Å². The average Bonchev–Trinajstić information content (AvgIpc) is 2.61. The van der Waals surface area contributed by atoms with E-state index >= 15 is 0 Å². The van der Waals surface area contributed by atoms with E-state index in [4.69, 9.17) is 5.73 Å². The Kier molecular flexibility index (Phi) is 3.32. The van der Waals surface area contributed by atoms with Gasteiger partial charge in [0.25, 0.3) is 0 Å². The maximum Gasteiger partial charge on any atom is 0.0320 e. The molecule has 4 rings (SSSR count). The first-order valence-electron chi connectivity index (χ1n) is 7.75. The molecule has 0 amide bonds. The van der Waals surface area contributed by atoms with Crippen LogP contribution in [0.1, 0.15) is 0 Å². The maximum absolute atomic E-state index is 5.88. The predicted octanol–water partition coefficient (Wildman–Crippen LogP) is 5.76. The number of rotatable bonds is 2. The third-order valence-electron chi connectivity index (χ3n) is 4.21. The molecule has 4 aromatic rings. The number of nitrogens with two attached hydrogens (primary N) is 1. The first-order chi connectivity index (χ1) is 11.3. The lowest BCUT2D eigenvalue weighted by atomic mass is 9.96. The highest BCUT2D eigenvalue weighted by atomic mass is 14.5. The van der Waals surface area contributed by atoms with E-state index in [9.17, 15) is 0 Å². The highest BCUT2D eigenvalue weighted by molar-refractivity contribution is 5.96. The van der Waals surface area contributed by atoms with Gasteiger partial charge in [-0.15, -0.1) is 0 Å². The Labute approximate surface area is 136 Å². The third-order valence-corrected chi connectivity index (χ3v) is 4.21. The monoisotopic (exact) mass is 295 g/mol. The van der Waals surface area contributed by atoms with Crippen LogP contribution in [-0.2, 0) is 0 Å². The number of hydrogen-bond acceptors (Lipinski definition) is 1. The summed E-state index contributed by atoms with van der Waals surface area (Å²) in [4.78, 5) is 0. The highest BCUT2D eigenvalue weighted by Gasteiger charge is 2.04. The Morgan fingerprint density at radius 1 is 0.522 bits per heavy atom. The molecule has 0 aliphatic heterocycles. The Bertz CT molecular complexity index is 963. The van der Waals surface area contributed by atoms with Crippen molar-refractivity contribution in [1.82, 2.24) is 0 Å². The van der Waals surface area contributed by atoms with Crippen molar-refractivity contribution in [2.45, 2.75) is 0 Å². The van der Waals surface area contributed by atoms with Gasteiger partial charge in [0, 0.05) is 5.69 Å². The summed E-state index contributed by atoms with van der Waals surface area (Å²) >= 11 is 0. The number of hydrogen-bond donors (Lipinski definition) is 1. The largest absolute Gasteiger partial charge is 0.399 e. The van der Waals surface area contributed by atoms with E-state index in [1.165, 1.54) is 27.5 Å². The van der Waals surface area contributed by atoms with Gasteiger partial charge < -0.3 is 5.73 Å². The Morgan fingerprint density at radius 2 is 1.22 bits per heavy atom. The SMILES string of the molecule is Nc1cccc(-c2ccc(-c3cccc4ccccc34)cc2)c1. The zero-order valence-electron chi connectivity index (χ0n) is 12.7. The second kappa shape index (κ2) is 5.62. The Balaban J connectivity index is 1.78. The van der Waals surface area contributed by atoms with Crippen LogP contribution in [0, 0.1) is 0 Å². The minimum absolute atomic E-state index is 0.792. The number of anilines is 1. The lowest BCUT2D eigenvalue weighted by molar-refractivity contribution is 1.60. The molecular weight excluding hydrogens is 278 g/mol. The standard InChI is InChI=1S/C22H17N/c23-20-8-3-7-19(15-20)16-11-13-18(14-12-16)22-10-4-6-17-5-1-2-9-21(17)22/h1-15H,23H2. The van der Waals surface area contributed by atoms with Crippen molar-refractivity contribution >= 4 is 16.5 Å². The molecule has 0 fully saturated rings. The molecule has 1 heteroatoms. The van der Waals surface area contributed by atoms with Crippen LogP contribution in [0.2, 0.25) is 0 Å². The fraction of sp³-hybridized carbons (Fsp3) is 0. The molecule has 0 spiro atoms. The molecule has 0 saturated carbocycles. The van der Waals surface area contributed by atoms with Crippen molar-refractivity contribution in [1.29, 1.82) is 0 Å². The van der Waals surface area contributed by atoms with E-state index in [0.29, 0.717) is 0 Å². The zero-order valence-corrected chi connectivity index (χ0v) is 12.7. The van der Waals surface area contributed by atoms with Crippen LogP contribution in [0.3, 0.4) is 0 Å². The highest BCUT2D eigenvalue weighted by Crippen LogP contribution is 2.30. The molecule has 2 N–H and O–H groups in total. The molecule has 4 aromatic carbocycles. The summed E-state index contributed by atoms with van der Waals surface area (Å²) in [5.41, 5.74) is 11.5. The molecule has 110 valence electrons. The molecule has 23 heavy (non-hydrogen) atoms. The smallest absolute Gasteiger partial charge is 0.0320 e. The fourth-order valence-electron chi connectivity index (χ4n) is 3.04. The number of nitrogen functional groups attached to an aromatic ring is 1. The Hall–Kier alpha value is -3.06. The van der Waals surface area contributed by atoms with E-state index < -0.39 is 0 Å². The molecule has 0 bridgehead atoms. The van der Waals surface area contributed by atoms with Gasteiger partial charge >= 0.3 is 0 Å². The quantitative estimate of drug-likeness (QED) is 0.468. The fourth-order valence-corrected chi connectivity index (χ4v) is 3.04. The van der Waals surface area contributed by atoms with E-state index in [1.807, 2.05) is 18.2 Å². The second-order valence-electron chi connectivity index (χ2n) is 5.73. The van der Waals surface area contributed by atoms with Crippen LogP contribution in [-0.4, -0.2) is 0 Å². The van der Waals surface area contributed by atoms with Crippen molar-refractivity contribution in [2.24, 2.45) is 0 Å². The molecule has 0 atom stereocenters. The van der Waals surface area contributed by atoms with Crippen molar-refractivity contribution in [2.75, 3.05) is 5.73 Å². The maximum atomic E-state index is 5.88. The van der Waals surface area contributed by atoms with E-state index in [-0.39, 0.29) is 0 Å². The van der Waals surface area contributed by atoms with E-state index in [1.54, 1.807) is 0 Å². The minimum Gasteiger partial charge on any atom is -0.399 e. The summed E-state index contributed by atoms with van der Waals surface area (Å²) in [5.74, 6) is 0. The second-order valence-corrected chi connectivity index (χ2v) is 5.73. The van der Waals surface area contributed by atoms with Crippen molar-refractivity contribution < 1.29 is 0 Å². The molecular formula is C22H17N. The predicted molar refractivity (Wildman–Crippen MR) is 99.2 cm³/mol. The van der Waals surface area contributed by atoms with E-state index in [2.05, 4.69) is 72.8 Å². The molecule has 0 aliphatic carbocycles. The first kappa shape index (κ1) is 13.6. The van der Waals surface area contributed by atoms with Gasteiger partial charge in [-0.25, -0.2) is 0 Å². The van der Waals surface area contributed by atoms with Gasteiger partial charge in [0.1, 0.15) is 0 Å². The number of benzene rings is 4. The van der Waals surface area contributed by atoms with Crippen LogP contribution in [0.4, 0.5) is 5.69 Å². The van der Waals surface area contributed by atoms with Gasteiger partial charge in [0.05, 0.1) is 0 Å². The lowest BCUT2D eigenvalue weighted by Gasteiger charge is -2.08. The number of fused-ring (bicyclic) bond motifs is 1.